The maximum absolute atomic E-state index is 12.8. The van der Waals surface area contributed by atoms with E-state index in [0.717, 1.165) is 30.6 Å². The van der Waals surface area contributed by atoms with Gasteiger partial charge < -0.3 is 14.8 Å². The second-order valence-corrected chi connectivity index (χ2v) is 6.96. The number of aromatic nitrogens is 1. The van der Waals surface area contributed by atoms with Gasteiger partial charge in [0.15, 0.2) is 5.78 Å². The minimum Gasteiger partial charge on any atom is -0.445 e. The molecule has 0 spiro atoms. The van der Waals surface area contributed by atoms with Crippen LogP contribution in [0, 0.1) is 0 Å². The number of hydrogen-bond acceptors (Lipinski definition) is 5. The molecule has 1 amide bonds. The fourth-order valence-corrected chi connectivity index (χ4v) is 3.26. The van der Waals surface area contributed by atoms with E-state index in [1.165, 1.54) is 0 Å². The first-order valence-electron chi connectivity index (χ1n) is 9.71. The predicted octanol–water partition coefficient (Wildman–Crippen LogP) is 3.87. The number of carbonyl (C=O) groups is 2. The molecule has 1 aromatic carbocycles. The van der Waals surface area contributed by atoms with E-state index in [-0.39, 0.29) is 30.9 Å². The van der Waals surface area contributed by atoms with Crippen molar-refractivity contribution < 1.29 is 19.1 Å². The fourth-order valence-electron chi connectivity index (χ4n) is 3.26. The molecule has 2 aromatic rings. The summed E-state index contributed by atoms with van der Waals surface area (Å²) in [6, 6.07) is 12.6. The molecule has 1 aliphatic rings. The SMILES string of the molecule is Cl.O=C(N[C@@H](Cc1ccccc1)C(=O)CC[C@@H]1CCCO1)OCc1ccncc1. The highest BCUT2D eigenvalue weighted by Gasteiger charge is 2.24. The average Bonchev–Trinajstić information content (AvgIpc) is 3.25. The van der Waals surface area contributed by atoms with Gasteiger partial charge in [-0.1, -0.05) is 30.3 Å². The van der Waals surface area contributed by atoms with Crippen molar-refractivity contribution in [1.29, 1.82) is 0 Å². The quantitative estimate of drug-likeness (QED) is 0.668. The first kappa shape index (κ1) is 22.8. The Labute approximate surface area is 177 Å². The van der Waals surface area contributed by atoms with Gasteiger partial charge in [-0.05, 0) is 48.9 Å². The van der Waals surface area contributed by atoms with Crippen molar-refractivity contribution in [3.63, 3.8) is 0 Å². The van der Waals surface area contributed by atoms with Crippen LogP contribution in [-0.2, 0) is 27.3 Å². The molecule has 1 N–H and O–H groups in total. The van der Waals surface area contributed by atoms with E-state index in [1.54, 1.807) is 24.5 Å². The van der Waals surface area contributed by atoms with Crippen molar-refractivity contribution in [1.82, 2.24) is 10.3 Å². The summed E-state index contributed by atoms with van der Waals surface area (Å²) in [6.45, 7) is 0.905. The third-order valence-electron chi connectivity index (χ3n) is 4.82. The first-order valence-corrected chi connectivity index (χ1v) is 9.71. The maximum Gasteiger partial charge on any atom is 0.408 e. The van der Waals surface area contributed by atoms with E-state index in [1.807, 2.05) is 30.3 Å². The zero-order chi connectivity index (χ0) is 19.6. The number of ether oxygens (including phenoxy) is 2. The van der Waals surface area contributed by atoms with E-state index in [4.69, 9.17) is 9.47 Å². The van der Waals surface area contributed by atoms with Crippen molar-refractivity contribution in [2.45, 2.75) is 50.9 Å². The minimum absolute atomic E-state index is 0. The van der Waals surface area contributed by atoms with Gasteiger partial charge in [-0.2, -0.15) is 0 Å². The van der Waals surface area contributed by atoms with Gasteiger partial charge in [0.2, 0.25) is 0 Å². The lowest BCUT2D eigenvalue weighted by Gasteiger charge is -2.19. The first-order chi connectivity index (χ1) is 13.7. The molecular formula is C22H27ClN2O4. The number of alkyl carbamates (subject to hydrolysis) is 1. The molecule has 0 aliphatic carbocycles. The monoisotopic (exact) mass is 418 g/mol. The van der Waals surface area contributed by atoms with E-state index in [2.05, 4.69) is 10.3 Å². The van der Waals surface area contributed by atoms with Crippen LogP contribution in [0.15, 0.2) is 54.9 Å². The van der Waals surface area contributed by atoms with Crippen molar-refractivity contribution in [2.24, 2.45) is 0 Å². The summed E-state index contributed by atoms with van der Waals surface area (Å²) in [4.78, 5) is 29.0. The molecule has 0 saturated carbocycles. The molecule has 6 nitrogen and oxygen atoms in total. The van der Waals surface area contributed by atoms with Gasteiger partial charge >= 0.3 is 6.09 Å². The van der Waals surface area contributed by atoms with Crippen molar-refractivity contribution >= 4 is 24.3 Å². The Morgan fingerprint density at radius 3 is 2.59 bits per heavy atom. The highest BCUT2D eigenvalue weighted by molar-refractivity contribution is 5.87. The van der Waals surface area contributed by atoms with E-state index < -0.39 is 12.1 Å². The fraction of sp³-hybridized carbons (Fsp3) is 0.409. The Morgan fingerprint density at radius 2 is 1.90 bits per heavy atom. The van der Waals surface area contributed by atoms with Crippen LogP contribution in [0.1, 0.15) is 36.8 Å². The Kier molecular flexibility index (Phi) is 9.60. The van der Waals surface area contributed by atoms with Crippen LogP contribution in [0.5, 0.6) is 0 Å². The second kappa shape index (κ2) is 12.2. The minimum atomic E-state index is -0.617. The van der Waals surface area contributed by atoms with Crippen LogP contribution in [-0.4, -0.2) is 35.6 Å². The summed E-state index contributed by atoms with van der Waals surface area (Å²) in [5, 5.41) is 2.74. The van der Waals surface area contributed by atoms with Crippen molar-refractivity contribution in [2.75, 3.05) is 6.61 Å². The standard InChI is InChI=1S/C22H26N2O4.ClH/c25-21(9-8-19-7-4-14-27-19)20(15-17-5-2-1-3-6-17)24-22(26)28-16-18-10-12-23-13-11-18;/h1-3,5-6,10-13,19-20H,4,7-9,14-16H2,(H,24,26);1H/t19-,20-;/m0./s1. The molecule has 156 valence electrons. The predicted molar refractivity (Wildman–Crippen MR) is 112 cm³/mol. The molecular weight excluding hydrogens is 392 g/mol. The third-order valence-corrected chi connectivity index (χ3v) is 4.82. The van der Waals surface area contributed by atoms with E-state index >= 15 is 0 Å². The summed E-state index contributed by atoms with van der Waals surface area (Å²) in [5.41, 5.74) is 1.84. The molecule has 1 aliphatic heterocycles. The lowest BCUT2D eigenvalue weighted by Crippen LogP contribution is -2.42. The summed E-state index contributed by atoms with van der Waals surface area (Å²) in [5.74, 6) is 0.000198. The highest BCUT2D eigenvalue weighted by Crippen LogP contribution is 2.18. The number of pyridine rings is 1. The molecule has 0 radical (unpaired) electrons. The molecule has 2 heterocycles. The van der Waals surface area contributed by atoms with Gasteiger partial charge in [-0.25, -0.2) is 4.79 Å². The number of halogens is 1. The molecule has 0 bridgehead atoms. The molecule has 1 aromatic heterocycles. The summed E-state index contributed by atoms with van der Waals surface area (Å²) in [6.07, 6.45) is 6.40. The molecule has 2 atom stereocenters. The number of rotatable bonds is 9. The zero-order valence-electron chi connectivity index (χ0n) is 16.3. The summed E-state index contributed by atoms with van der Waals surface area (Å²) < 4.78 is 10.9. The van der Waals surface area contributed by atoms with Gasteiger partial charge in [0.25, 0.3) is 0 Å². The third kappa shape index (κ3) is 7.83. The lowest BCUT2D eigenvalue weighted by molar-refractivity contribution is -0.121. The second-order valence-electron chi connectivity index (χ2n) is 6.96. The topological polar surface area (TPSA) is 77.5 Å². The molecule has 29 heavy (non-hydrogen) atoms. The van der Waals surface area contributed by atoms with Gasteiger partial charge in [0.1, 0.15) is 6.61 Å². The van der Waals surface area contributed by atoms with Crippen LogP contribution >= 0.6 is 12.4 Å². The van der Waals surface area contributed by atoms with E-state index in [0.29, 0.717) is 19.3 Å². The highest BCUT2D eigenvalue weighted by atomic mass is 35.5. The van der Waals surface area contributed by atoms with Crippen LogP contribution in [0.25, 0.3) is 0 Å². The molecule has 7 heteroatoms. The van der Waals surface area contributed by atoms with Gasteiger partial charge in [-0.15, -0.1) is 12.4 Å². The normalized spacial score (nSPS) is 16.5. The van der Waals surface area contributed by atoms with Crippen LogP contribution in [0.2, 0.25) is 0 Å². The van der Waals surface area contributed by atoms with Gasteiger partial charge in [-0.3, -0.25) is 9.78 Å². The number of benzene rings is 1. The largest absolute Gasteiger partial charge is 0.445 e. The van der Waals surface area contributed by atoms with E-state index in [9.17, 15) is 9.59 Å². The van der Waals surface area contributed by atoms with Crippen LogP contribution in [0.4, 0.5) is 4.79 Å². The molecule has 1 fully saturated rings. The zero-order valence-corrected chi connectivity index (χ0v) is 17.1. The number of hydrogen-bond donors (Lipinski definition) is 1. The number of nitrogens with zero attached hydrogens (tertiary/aromatic N) is 1. The Hall–Kier alpha value is -2.44. The lowest BCUT2D eigenvalue weighted by atomic mass is 9.98. The maximum atomic E-state index is 12.8. The Bertz CT molecular complexity index is 752. The average molecular weight is 419 g/mol. The number of Topliss-reactive ketones (excluding diaryl/α,β-unsaturated/α-hetero) is 1. The number of ketones is 1. The number of nitrogens with one attached hydrogen (secondary N) is 1. The van der Waals surface area contributed by atoms with Gasteiger partial charge in [0.05, 0.1) is 12.1 Å². The summed E-state index contributed by atoms with van der Waals surface area (Å²) in [7, 11) is 0. The Balaban J connectivity index is 0.00000300. The van der Waals surface area contributed by atoms with Crippen molar-refractivity contribution in [3.8, 4) is 0 Å². The van der Waals surface area contributed by atoms with Gasteiger partial charge in [0, 0.05) is 25.4 Å². The molecule has 1 saturated heterocycles. The smallest absolute Gasteiger partial charge is 0.408 e. The molecule has 3 rings (SSSR count). The molecule has 0 unspecified atom stereocenters. The van der Waals surface area contributed by atoms with Crippen LogP contribution < -0.4 is 5.32 Å². The Morgan fingerprint density at radius 1 is 1.14 bits per heavy atom. The number of amides is 1. The van der Waals surface area contributed by atoms with Crippen molar-refractivity contribution in [3.05, 3.63) is 66.0 Å². The summed E-state index contributed by atoms with van der Waals surface area (Å²) >= 11 is 0. The van der Waals surface area contributed by atoms with Crippen LogP contribution in [0.3, 0.4) is 0 Å². The number of carbonyl (C=O) groups excluding carboxylic acids is 2.